The van der Waals surface area contributed by atoms with Crippen molar-refractivity contribution in [3.05, 3.63) is 48.2 Å². The number of ketones is 2. The van der Waals surface area contributed by atoms with Crippen molar-refractivity contribution >= 4 is 40.6 Å². The molecule has 62 heavy (non-hydrogen) atoms. The molecule has 4 fully saturated rings. The van der Waals surface area contributed by atoms with E-state index in [2.05, 4.69) is 20.1 Å². The van der Waals surface area contributed by atoms with Crippen molar-refractivity contribution in [1.29, 1.82) is 0 Å². The summed E-state index contributed by atoms with van der Waals surface area (Å²) < 4.78 is 32.1. The van der Waals surface area contributed by atoms with Gasteiger partial charge in [-0.1, -0.05) is 51.1 Å². The van der Waals surface area contributed by atoms with Gasteiger partial charge >= 0.3 is 12.1 Å². The molecule has 0 saturated carbocycles. The van der Waals surface area contributed by atoms with Crippen LogP contribution in [0.4, 0.5) is 4.79 Å². The molecule has 13 atom stereocenters. The first-order valence-corrected chi connectivity index (χ1v) is 22.2. The number of benzene rings is 1. The highest BCUT2D eigenvalue weighted by Crippen LogP contribution is 2.41. The maximum atomic E-state index is 15.3. The topological polar surface area (TPSA) is 169 Å². The first kappa shape index (κ1) is 47.6. The van der Waals surface area contributed by atoms with Crippen molar-refractivity contribution in [2.45, 2.75) is 128 Å². The molecule has 1 amide bonds. The Hall–Kier alpha value is -3.83. The second-order valence-corrected chi connectivity index (χ2v) is 19.0. The summed E-state index contributed by atoms with van der Waals surface area (Å²) in [6.45, 7) is 14.1. The highest BCUT2D eigenvalue weighted by atomic mass is 16.7. The minimum atomic E-state index is -1.42. The average Bonchev–Trinajstić information content (AvgIpc) is 3.52. The van der Waals surface area contributed by atoms with Crippen LogP contribution in [0.2, 0.25) is 0 Å². The van der Waals surface area contributed by atoms with Gasteiger partial charge in [0.25, 0.3) is 0 Å². The Morgan fingerprint density at radius 3 is 2.40 bits per heavy atom. The number of rotatable bonds is 11. The number of hydrogen-bond acceptors (Lipinski definition) is 14. The lowest BCUT2D eigenvalue weighted by Crippen LogP contribution is -2.64. The van der Waals surface area contributed by atoms with Gasteiger partial charge in [-0.25, -0.2) is 4.79 Å². The number of ether oxygens (including phenoxy) is 5. The Morgan fingerprint density at radius 2 is 1.73 bits per heavy atom. The van der Waals surface area contributed by atoms with Crippen LogP contribution in [-0.4, -0.2) is 163 Å². The molecule has 15 nitrogen and oxygen atoms in total. The number of cyclic esters (lactones) is 1. The number of para-hydroxylation sites is 1. The second-order valence-electron chi connectivity index (χ2n) is 19.0. The van der Waals surface area contributed by atoms with E-state index in [0.29, 0.717) is 19.0 Å². The third kappa shape index (κ3) is 10.1. The van der Waals surface area contributed by atoms with Crippen molar-refractivity contribution in [1.82, 2.24) is 25.0 Å². The predicted octanol–water partition coefficient (Wildman–Crippen LogP) is 4.34. The van der Waals surface area contributed by atoms with Gasteiger partial charge in [0, 0.05) is 55.1 Å². The monoisotopic (exact) mass is 864 g/mol. The van der Waals surface area contributed by atoms with Crippen LogP contribution in [0.25, 0.3) is 17.0 Å². The lowest BCUT2D eigenvalue weighted by Gasteiger charge is -2.48. The molecule has 342 valence electrons. The molecule has 0 spiro atoms. The number of aliphatic hydroxyl groups excluding tert-OH is 1. The zero-order valence-corrected chi connectivity index (χ0v) is 38.4. The number of pyridine rings is 1. The molecule has 0 aliphatic carbocycles. The zero-order chi connectivity index (χ0) is 45.3. The number of Topliss-reactive ketones (excluding diaryl/α,β-unsaturated/α-hetero) is 2. The maximum absolute atomic E-state index is 15.3. The van der Waals surface area contributed by atoms with Gasteiger partial charge in [-0.05, 0) is 92.8 Å². The van der Waals surface area contributed by atoms with E-state index >= 15 is 4.79 Å². The highest BCUT2D eigenvalue weighted by molar-refractivity contribution is 6.00. The van der Waals surface area contributed by atoms with Gasteiger partial charge in [0.2, 0.25) is 0 Å². The van der Waals surface area contributed by atoms with Gasteiger partial charge in [-0.3, -0.25) is 24.3 Å². The minimum Gasteiger partial charge on any atom is -0.458 e. The van der Waals surface area contributed by atoms with Gasteiger partial charge in [0.15, 0.2) is 17.7 Å². The van der Waals surface area contributed by atoms with Gasteiger partial charge in [0.1, 0.15) is 23.9 Å². The number of nitrogens with zero attached hydrogens (tertiary/aromatic N) is 4. The Morgan fingerprint density at radius 1 is 1.02 bits per heavy atom. The Bertz CT molecular complexity index is 1960. The summed E-state index contributed by atoms with van der Waals surface area (Å²) in [5, 5.41) is 15.7. The second kappa shape index (κ2) is 19.5. The fourth-order valence-electron chi connectivity index (χ4n) is 10.0. The first-order valence-electron chi connectivity index (χ1n) is 22.2. The van der Waals surface area contributed by atoms with Crippen LogP contribution in [-0.2, 0) is 38.1 Å². The Kier molecular flexibility index (Phi) is 15.0. The van der Waals surface area contributed by atoms with E-state index in [9.17, 15) is 19.5 Å². The number of aromatic nitrogens is 1. The van der Waals surface area contributed by atoms with Crippen LogP contribution in [0.3, 0.4) is 0 Å². The molecule has 5 heterocycles. The smallest absolute Gasteiger partial charge is 0.408 e. The van der Waals surface area contributed by atoms with Crippen molar-refractivity contribution in [3.8, 4) is 0 Å². The number of alkyl carbamates (subject to hydrolysis) is 1. The standard InChI is InChI=1S/C47H69N5O10/c1-12-37-47(7)41(49-45(57)62-47)34(26-52-24-33(25-52)50(8)9)38(53)27(2)22-46(6,58-19-15-16-31-21-32-17-13-14-18-35(32)48-23-31)42(29(4)39(54)30(5)43(56)60-37)61-44-40(55)36(51(10)11)20-28(3)59-44/h13-18,21,23,27-30,33-34,36-37,40-42,44,55H,12,19-20,22,24-26H2,1-11H3,(H,49,57)/b16-15+/t27-,28-,29+,30-,34+,36+,37-,40-,41-,42-,44+,46+,47-/m1/s1. The fraction of sp³-hybridized carbons (Fsp3) is 0.681. The summed E-state index contributed by atoms with van der Waals surface area (Å²) in [6.07, 6.45) is 1.08. The first-order chi connectivity index (χ1) is 29.3. The van der Waals surface area contributed by atoms with Crippen LogP contribution >= 0.6 is 0 Å². The number of carbonyl (C=O) groups is 4. The Labute approximate surface area is 366 Å². The molecule has 0 unspecified atom stereocenters. The number of fused-ring (bicyclic) bond motifs is 2. The van der Waals surface area contributed by atoms with Crippen LogP contribution in [0, 0.1) is 23.7 Å². The quantitative estimate of drug-likeness (QED) is 0.242. The van der Waals surface area contributed by atoms with E-state index < -0.39 is 83.4 Å². The fourth-order valence-corrected chi connectivity index (χ4v) is 10.0. The summed E-state index contributed by atoms with van der Waals surface area (Å²) in [7, 11) is 7.81. The third-order valence-electron chi connectivity index (χ3n) is 13.8. The molecule has 2 N–H and O–H groups in total. The third-order valence-corrected chi connectivity index (χ3v) is 13.8. The Balaban J connectivity index is 1.42. The van der Waals surface area contributed by atoms with Crippen LogP contribution in [0.1, 0.15) is 73.3 Å². The van der Waals surface area contributed by atoms with Crippen LogP contribution in [0.5, 0.6) is 0 Å². The van der Waals surface area contributed by atoms with Gasteiger partial charge in [-0.15, -0.1) is 0 Å². The average molecular weight is 864 g/mol. The predicted molar refractivity (Wildman–Crippen MR) is 234 cm³/mol. The number of esters is 1. The largest absolute Gasteiger partial charge is 0.458 e. The molecular formula is C47H69N5O10. The van der Waals surface area contributed by atoms with Gasteiger partial charge in [0.05, 0.1) is 41.9 Å². The number of likely N-dealkylation sites (N-methyl/N-ethyl adjacent to an activating group) is 2. The number of aliphatic hydroxyl groups is 1. The summed E-state index contributed by atoms with van der Waals surface area (Å²) >= 11 is 0. The molecule has 4 aliphatic rings. The highest BCUT2D eigenvalue weighted by Gasteiger charge is 2.59. The molecule has 6 rings (SSSR count). The number of hydrogen-bond donors (Lipinski definition) is 2. The number of carbonyl (C=O) groups excluding carboxylic acids is 4. The maximum Gasteiger partial charge on any atom is 0.408 e. The summed E-state index contributed by atoms with van der Waals surface area (Å²) in [6, 6.07) is 9.01. The molecule has 15 heteroatoms. The van der Waals surface area contributed by atoms with E-state index in [1.807, 2.05) is 103 Å². The number of nitrogens with one attached hydrogen (secondary N) is 1. The van der Waals surface area contributed by atoms with E-state index in [1.54, 1.807) is 20.0 Å². The zero-order valence-electron chi connectivity index (χ0n) is 38.4. The van der Waals surface area contributed by atoms with E-state index in [-0.39, 0.29) is 37.4 Å². The van der Waals surface area contributed by atoms with Crippen LogP contribution in [0.15, 0.2) is 42.6 Å². The summed E-state index contributed by atoms with van der Waals surface area (Å²) in [5.74, 6) is -5.15. The van der Waals surface area contributed by atoms with Gasteiger partial charge in [-0.2, -0.15) is 0 Å². The van der Waals surface area contributed by atoms with E-state index in [4.69, 9.17) is 23.7 Å². The molecule has 4 saturated heterocycles. The minimum absolute atomic E-state index is 0.0549. The molecule has 1 aromatic carbocycles. The molecule has 1 aromatic heterocycles. The summed E-state index contributed by atoms with van der Waals surface area (Å²) in [4.78, 5) is 68.1. The molecular weight excluding hydrogens is 795 g/mol. The number of likely N-dealkylation sites (tertiary alicyclic amines) is 1. The normalized spacial score (nSPS) is 37.0. The van der Waals surface area contributed by atoms with E-state index in [0.717, 1.165) is 29.6 Å². The molecule has 2 aromatic rings. The lowest BCUT2D eigenvalue weighted by molar-refractivity contribution is -0.296. The summed E-state index contributed by atoms with van der Waals surface area (Å²) in [5.41, 5.74) is -1.07. The molecule has 0 radical (unpaired) electrons. The van der Waals surface area contributed by atoms with Gasteiger partial charge < -0.3 is 43.9 Å². The molecule has 4 aliphatic heterocycles. The van der Waals surface area contributed by atoms with E-state index in [1.165, 1.54) is 6.92 Å². The lowest BCUT2D eigenvalue weighted by atomic mass is 9.72. The SMILES string of the molecule is CC[C@H]1OC(=O)[C@H](C)C(=O)[C@H](C)[C@@H](O[C@@H]2O[C@H](C)C[C@H](N(C)C)[C@H]2O)[C@@](C)(OC/C=C/c2cnc3ccccc3c2)C[C@@H](C)C(=O)[C@H](CN2CC(N(C)C)C2)[C@H]2NC(=O)O[C@@]21C. The van der Waals surface area contributed by atoms with Crippen molar-refractivity contribution in [3.63, 3.8) is 0 Å². The van der Waals surface area contributed by atoms with Crippen molar-refractivity contribution in [2.24, 2.45) is 23.7 Å². The molecule has 0 bridgehead atoms. The number of amides is 1. The van der Waals surface area contributed by atoms with Crippen molar-refractivity contribution < 1.29 is 48.0 Å². The van der Waals surface area contributed by atoms with Crippen LogP contribution < -0.4 is 5.32 Å². The van der Waals surface area contributed by atoms with Crippen molar-refractivity contribution in [2.75, 3.05) is 54.4 Å².